The molecule has 0 radical (unpaired) electrons. The quantitative estimate of drug-likeness (QED) is 0.622. The summed E-state index contributed by atoms with van der Waals surface area (Å²) in [5.41, 5.74) is -0.801. The Morgan fingerprint density at radius 3 is 2.29 bits per heavy atom. The highest BCUT2D eigenvalue weighted by molar-refractivity contribution is 5.81. The summed E-state index contributed by atoms with van der Waals surface area (Å²) in [7, 11) is 0. The van der Waals surface area contributed by atoms with E-state index in [1.54, 1.807) is 13.8 Å². The van der Waals surface area contributed by atoms with Gasteiger partial charge in [0, 0.05) is 13.1 Å². The molecule has 0 spiro atoms. The molecule has 1 atom stereocenters. The van der Waals surface area contributed by atoms with E-state index in [1.807, 2.05) is 4.90 Å². The van der Waals surface area contributed by atoms with Gasteiger partial charge < -0.3 is 15.1 Å². The van der Waals surface area contributed by atoms with E-state index in [9.17, 15) is 15.0 Å². The van der Waals surface area contributed by atoms with Gasteiger partial charge in [0.1, 0.15) is 0 Å². The zero-order valence-electron chi connectivity index (χ0n) is 10.8. The first-order valence-electron chi connectivity index (χ1n) is 6.30. The van der Waals surface area contributed by atoms with Gasteiger partial charge in [-0.2, -0.15) is 0 Å². The summed E-state index contributed by atoms with van der Waals surface area (Å²) >= 11 is 0. The van der Waals surface area contributed by atoms with Crippen LogP contribution in [0.25, 0.3) is 0 Å². The number of nitrogens with one attached hydrogen (secondary N) is 1. The maximum absolute atomic E-state index is 12.1. The van der Waals surface area contributed by atoms with Crippen molar-refractivity contribution in [2.45, 2.75) is 44.7 Å². The molecule has 0 bridgehead atoms. The van der Waals surface area contributed by atoms with Crippen LogP contribution in [0.15, 0.2) is 0 Å². The molecule has 17 heavy (non-hydrogen) atoms. The predicted molar refractivity (Wildman–Crippen MR) is 65.6 cm³/mol. The molecule has 100 valence electrons. The van der Waals surface area contributed by atoms with Crippen molar-refractivity contribution in [1.29, 1.82) is 0 Å². The molecular weight excluding hydrogens is 220 g/mol. The number of hydrogen-bond acceptors (Lipinski definition) is 4. The predicted octanol–water partition coefficient (Wildman–Crippen LogP) is -0.280. The summed E-state index contributed by atoms with van der Waals surface area (Å²) in [6.07, 6.45) is 3.32. The first-order valence-corrected chi connectivity index (χ1v) is 6.30. The van der Waals surface area contributed by atoms with Crippen LogP contribution in [-0.2, 0) is 4.79 Å². The van der Waals surface area contributed by atoms with Gasteiger partial charge in [-0.1, -0.05) is 0 Å². The number of amides is 1. The Morgan fingerprint density at radius 1 is 1.29 bits per heavy atom. The molecule has 1 aliphatic rings. The number of likely N-dealkylation sites (tertiary alicyclic amines) is 1. The number of rotatable bonds is 5. The first kappa shape index (κ1) is 14.4. The van der Waals surface area contributed by atoms with Crippen LogP contribution in [0.5, 0.6) is 0 Å². The molecule has 0 aromatic carbocycles. The summed E-state index contributed by atoms with van der Waals surface area (Å²) in [5, 5.41) is 21.4. The van der Waals surface area contributed by atoms with E-state index in [0.717, 1.165) is 25.9 Å². The number of carbonyl (C=O) groups is 1. The highest BCUT2D eigenvalue weighted by Gasteiger charge is 2.29. The van der Waals surface area contributed by atoms with Gasteiger partial charge >= 0.3 is 0 Å². The summed E-state index contributed by atoms with van der Waals surface area (Å²) in [5.74, 6) is 0.0535. The van der Waals surface area contributed by atoms with Crippen molar-refractivity contribution in [3.63, 3.8) is 0 Å². The number of piperidine rings is 1. The minimum absolute atomic E-state index is 0.0535. The number of aliphatic hydroxyl groups excluding tert-OH is 2. The Morgan fingerprint density at radius 2 is 1.82 bits per heavy atom. The molecule has 0 aromatic heterocycles. The normalized spacial score (nSPS) is 19.2. The molecule has 1 rings (SSSR count). The second kappa shape index (κ2) is 6.33. The van der Waals surface area contributed by atoms with Crippen LogP contribution in [0, 0.1) is 0 Å². The number of hydrogen-bond donors (Lipinski definition) is 3. The number of nitrogens with zero attached hydrogens (tertiary/aromatic N) is 1. The van der Waals surface area contributed by atoms with E-state index >= 15 is 0 Å². The molecule has 1 fully saturated rings. The van der Waals surface area contributed by atoms with Crippen LogP contribution in [0.2, 0.25) is 0 Å². The molecule has 3 N–H and O–H groups in total. The lowest BCUT2D eigenvalue weighted by molar-refractivity contribution is -0.134. The van der Waals surface area contributed by atoms with E-state index in [1.165, 1.54) is 6.42 Å². The molecule has 1 unspecified atom stereocenters. The fourth-order valence-electron chi connectivity index (χ4n) is 2.11. The fraction of sp³-hybridized carbons (Fsp3) is 0.917. The third-order valence-electron chi connectivity index (χ3n) is 3.30. The summed E-state index contributed by atoms with van der Waals surface area (Å²) < 4.78 is 0. The van der Waals surface area contributed by atoms with Gasteiger partial charge in [0.05, 0.1) is 24.8 Å². The van der Waals surface area contributed by atoms with Crippen LogP contribution in [-0.4, -0.2) is 58.9 Å². The van der Waals surface area contributed by atoms with Gasteiger partial charge in [0.25, 0.3) is 0 Å². The fourth-order valence-corrected chi connectivity index (χ4v) is 2.11. The minimum atomic E-state index is -0.801. The average Bonchev–Trinajstić information content (AvgIpc) is 2.38. The van der Waals surface area contributed by atoms with Crippen LogP contribution >= 0.6 is 0 Å². The van der Waals surface area contributed by atoms with E-state index in [-0.39, 0.29) is 25.2 Å². The van der Waals surface area contributed by atoms with Crippen molar-refractivity contribution in [2.75, 3.05) is 26.3 Å². The standard InChI is InChI=1S/C12H24N2O3/c1-10(13-12(2,8-15)9-16)11(17)14-6-4-3-5-7-14/h10,13,15-16H,3-9H2,1-2H3. The Labute approximate surface area is 103 Å². The van der Waals surface area contributed by atoms with Crippen molar-refractivity contribution in [1.82, 2.24) is 10.2 Å². The molecule has 1 aliphatic heterocycles. The van der Waals surface area contributed by atoms with E-state index in [2.05, 4.69) is 5.32 Å². The Balaban J connectivity index is 2.50. The molecule has 5 nitrogen and oxygen atoms in total. The molecule has 0 aromatic rings. The van der Waals surface area contributed by atoms with Crippen LogP contribution < -0.4 is 5.32 Å². The summed E-state index contributed by atoms with van der Waals surface area (Å²) in [4.78, 5) is 14.0. The van der Waals surface area contributed by atoms with Crippen molar-refractivity contribution in [2.24, 2.45) is 0 Å². The van der Waals surface area contributed by atoms with Crippen molar-refractivity contribution in [3.8, 4) is 0 Å². The van der Waals surface area contributed by atoms with Gasteiger partial charge in [-0.15, -0.1) is 0 Å². The van der Waals surface area contributed by atoms with Crippen molar-refractivity contribution < 1.29 is 15.0 Å². The lowest BCUT2D eigenvalue weighted by Gasteiger charge is -2.34. The second-order valence-electron chi connectivity index (χ2n) is 5.13. The van der Waals surface area contributed by atoms with Crippen LogP contribution in [0.3, 0.4) is 0 Å². The zero-order chi connectivity index (χ0) is 12.9. The molecule has 0 saturated carbocycles. The monoisotopic (exact) mass is 244 g/mol. The Hall–Kier alpha value is -0.650. The topological polar surface area (TPSA) is 72.8 Å². The smallest absolute Gasteiger partial charge is 0.239 e. The molecule has 0 aliphatic carbocycles. The van der Waals surface area contributed by atoms with Gasteiger partial charge in [0.15, 0.2) is 0 Å². The van der Waals surface area contributed by atoms with Crippen molar-refractivity contribution in [3.05, 3.63) is 0 Å². The summed E-state index contributed by atoms with van der Waals surface area (Å²) in [6, 6.07) is -0.377. The average molecular weight is 244 g/mol. The molecular formula is C12H24N2O3. The maximum Gasteiger partial charge on any atom is 0.239 e. The molecule has 1 heterocycles. The highest BCUT2D eigenvalue weighted by Crippen LogP contribution is 2.11. The highest BCUT2D eigenvalue weighted by atomic mass is 16.3. The van der Waals surface area contributed by atoms with E-state index in [0.29, 0.717) is 0 Å². The largest absolute Gasteiger partial charge is 0.394 e. The van der Waals surface area contributed by atoms with Gasteiger partial charge in [-0.05, 0) is 33.1 Å². The van der Waals surface area contributed by atoms with Crippen molar-refractivity contribution >= 4 is 5.91 Å². The number of aliphatic hydroxyl groups is 2. The summed E-state index contributed by atoms with van der Waals surface area (Å²) in [6.45, 7) is 4.73. The number of carbonyl (C=O) groups excluding carboxylic acids is 1. The third kappa shape index (κ3) is 3.94. The Kier molecular flexibility index (Phi) is 5.36. The van der Waals surface area contributed by atoms with Gasteiger partial charge in [0.2, 0.25) is 5.91 Å². The van der Waals surface area contributed by atoms with Gasteiger partial charge in [-0.25, -0.2) is 0 Å². The van der Waals surface area contributed by atoms with Gasteiger partial charge in [-0.3, -0.25) is 10.1 Å². The van der Waals surface area contributed by atoms with E-state index < -0.39 is 5.54 Å². The lowest BCUT2D eigenvalue weighted by atomic mass is 10.0. The Bertz CT molecular complexity index is 248. The zero-order valence-corrected chi connectivity index (χ0v) is 10.8. The second-order valence-corrected chi connectivity index (χ2v) is 5.13. The lowest BCUT2D eigenvalue weighted by Crippen LogP contribution is -2.57. The van der Waals surface area contributed by atoms with E-state index in [4.69, 9.17) is 0 Å². The first-order chi connectivity index (χ1) is 8.02. The minimum Gasteiger partial charge on any atom is -0.394 e. The molecule has 5 heteroatoms. The van der Waals surface area contributed by atoms with Crippen LogP contribution in [0.1, 0.15) is 33.1 Å². The molecule has 1 saturated heterocycles. The third-order valence-corrected chi connectivity index (χ3v) is 3.30. The molecule has 1 amide bonds. The SMILES string of the molecule is CC(NC(C)(CO)CO)C(=O)N1CCCCC1. The maximum atomic E-state index is 12.1. The van der Waals surface area contributed by atoms with Crippen LogP contribution in [0.4, 0.5) is 0 Å².